The Labute approximate surface area is 123 Å². The van der Waals surface area contributed by atoms with Gasteiger partial charge in [0, 0.05) is 18.2 Å². The number of carbonyl (C=O) groups excluding carboxylic acids is 2. The van der Waals surface area contributed by atoms with Gasteiger partial charge in [0.15, 0.2) is 11.5 Å². The van der Waals surface area contributed by atoms with Crippen LogP contribution < -0.4 is 4.74 Å². The van der Waals surface area contributed by atoms with Crippen LogP contribution in [-0.4, -0.2) is 32.4 Å². The SMILES string of the molecule is CCCOCc1cc(OC)c2c(c1)C(=O)C(OC)=CC2=O. The summed E-state index contributed by atoms with van der Waals surface area (Å²) < 4.78 is 15.7. The van der Waals surface area contributed by atoms with Crippen molar-refractivity contribution in [2.75, 3.05) is 20.8 Å². The van der Waals surface area contributed by atoms with Gasteiger partial charge in [0.2, 0.25) is 5.78 Å². The van der Waals surface area contributed by atoms with Gasteiger partial charge in [-0.3, -0.25) is 9.59 Å². The van der Waals surface area contributed by atoms with Crippen LogP contribution in [-0.2, 0) is 16.1 Å². The standard InChI is InChI=1S/C16H18O5/c1-4-5-21-9-10-6-11-15(13(7-10)19-2)12(17)8-14(20-3)16(11)18/h6-8H,4-5,9H2,1-3H3. The predicted octanol–water partition coefficient (Wildman–Crippen LogP) is 2.53. The molecule has 0 radical (unpaired) electrons. The zero-order valence-corrected chi connectivity index (χ0v) is 12.4. The maximum absolute atomic E-state index is 12.3. The first-order valence-corrected chi connectivity index (χ1v) is 6.75. The number of benzene rings is 1. The lowest BCUT2D eigenvalue weighted by Gasteiger charge is -2.18. The van der Waals surface area contributed by atoms with Crippen LogP contribution in [0.5, 0.6) is 5.75 Å². The monoisotopic (exact) mass is 290 g/mol. The summed E-state index contributed by atoms with van der Waals surface area (Å²) in [6.07, 6.45) is 2.11. The highest BCUT2D eigenvalue weighted by Crippen LogP contribution is 2.31. The van der Waals surface area contributed by atoms with Crippen LogP contribution in [0.2, 0.25) is 0 Å². The van der Waals surface area contributed by atoms with Crippen molar-refractivity contribution in [1.29, 1.82) is 0 Å². The summed E-state index contributed by atoms with van der Waals surface area (Å²) in [5.41, 5.74) is 1.37. The fourth-order valence-electron chi connectivity index (χ4n) is 2.23. The molecule has 1 aliphatic rings. The Bertz CT molecular complexity index is 601. The number of hydrogen-bond acceptors (Lipinski definition) is 5. The highest BCUT2D eigenvalue weighted by Gasteiger charge is 2.30. The van der Waals surface area contributed by atoms with Gasteiger partial charge in [0.05, 0.1) is 26.4 Å². The second kappa shape index (κ2) is 6.54. The lowest BCUT2D eigenvalue weighted by atomic mass is 9.91. The Kier molecular flexibility index (Phi) is 4.75. The first kappa shape index (κ1) is 15.3. The van der Waals surface area contributed by atoms with Crippen LogP contribution in [0.1, 0.15) is 39.6 Å². The van der Waals surface area contributed by atoms with E-state index in [-0.39, 0.29) is 22.9 Å². The summed E-state index contributed by atoms with van der Waals surface area (Å²) in [7, 11) is 2.84. The molecule has 112 valence electrons. The largest absolute Gasteiger partial charge is 0.496 e. The number of rotatable bonds is 6. The van der Waals surface area contributed by atoms with Crippen molar-refractivity contribution < 1.29 is 23.8 Å². The number of ketones is 2. The molecule has 0 fully saturated rings. The Morgan fingerprint density at radius 2 is 1.86 bits per heavy atom. The number of methoxy groups -OCH3 is 2. The molecule has 0 atom stereocenters. The number of carbonyl (C=O) groups is 2. The Hall–Kier alpha value is -2.14. The highest BCUT2D eigenvalue weighted by molar-refractivity contribution is 6.24. The molecule has 5 nitrogen and oxygen atoms in total. The van der Waals surface area contributed by atoms with Gasteiger partial charge in [-0.15, -0.1) is 0 Å². The minimum absolute atomic E-state index is 0.0428. The molecule has 1 aromatic carbocycles. The molecule has 1 aromatic rings. The van der Waals surface area contributed by atoms with Crippen LogP contribution in [0.3, 0.4) is 0 Å². The van der Waals surface area contributed by atoms with E-state index in [0.29, 0.717) is 24.5 Å². The summed E-state index contributed by atoms with van der Waals surface area (Å²) in [5.74, 6) is -0.185. The van der Waals surface area contributed by atoms with Crippen molar-refractivity contribution in [2.24, 2.45) is 0 Å². The second-order valence-electron chi connectivity index (χ2n) is 4.68. The summed E-state index contributed by atoms with van der Waals surface area (Å²) in [6.45, 7) is 3.02. The first-order valence-electron chi connectivity index (χ1n) is 6.75. The van der Waals surface area contributed by atoms with Crippen LogP contribution >= 0.6 is 0 Å². The Morgan fingerprint density at radius 1 is 1.10 bits per heavy atom. The van der Waals surface area contributed by atoms with E-state index in [0.717, 1.165) is 12.0 Å². The fraction of sp³-hybridized carbons (Fsp3) is 0.375. The molecule has 0 aromatic heterocycles. The fourth-order valence-corrected chi connectivity index (χ4v) is 2.23. The third-order valence-corrected chi connectivity index (χ3v) is 3.20. The van der Waals surface area contributed by atoms with Crippen LogP contribution in [0.15, 0.2) is 24.0 Å². The summed E-state index contributed by atoms with van der Waals surface area (Å²) in [4.78, 5) is 24.4. The molecule has 0 unspecified atom stereocenters. The van der Waals surface area contributed by atoms with Gasteiger partial charge in [-0.25, -0.2) is 0 Å². The number of fused-ring (bicyclic) bond motifs is 1. The molecular weight excluding hydrogens is 272 g/mol. The molecule has 2 rings (SSSR count). The molecule has 21 heavy (non-hydrogen) atoms. The van der Waals surface area contributed by atoms with Gasteiger partial charge < -0.3 is 14.2 Å². The molecule has 5 heteroatoms. The Balaban J connectivity index is 2.44. The van der Waals surface area contributed by atoms with E-state index < -0.39 is 0 Å². The van der Waals surface area contributed by atoms with E-state index in [1.165, 1.54) is 20.3 Å². The van der Waals surface area contributed by atoms with Crippen molar-refractivity contribution in [3.63, 3.8) is 0 Å². The number of hydrogen-bond donors (Lipinski definition) is 0. The van der Waals surface area contributed by atoms with E-state index in [1.807, 2.05) is 6.92 Å². The molecule has 0 aliphatic heterocycles. The maximum atomic E-state index is 12.3. The molecule has 0 heterocycles. The molecule has 0 amide bonds. The van der Waals surface area contributed by atoms with Crippen molar-refractivity contribution in [2.45, 2.75) is 20.0 Å². The molecule has 0 saturated heterocycles. The van der Waals surface area contributed by atoms with Crippen molar-refractivity contribution in [1.82, 2.24) is 0 Å². The highest BCUT2D eigenvalue weighted by atomic mass is 16.5. The van der Waals surface area contributed by atoms with E-state index in [9.17, 15) is 9.59 Å². The van der Waals surface area contributed by atoms with Gasteiger partial charge in [-0.05, 0) is 24.1 Å². The normalized spacial score (nSPS) is 13.8. The third-order valence-electron chi connectivity index (χ3n) is 3.20. The van der Waals surface area contributed by atoms with E-state index in [2.05, 4.69) is 0 Å². The van der Waals surface area contributed by atoms with Gasteiger partial charge in [-0.1, -0.05) is 6.92 Å². The van der Waals surface area contributed by atoms with Crippen LogP contribution in [0, 0.1) is 0 Å². The minimum atomic E-state index is -0.317. The quantitative estimate of drug-likeness (QED) is 0.753. The van der Waals surface area contributed by atoms with Crippen molar-refractivity contribution >= 4 is 11.6 Å². The average molecular weight is 290 g/mol. The van der Waals surface area contributed by atoms with E-state index >= 15 is 0 Å². The predicted molar refractivity (Wildman–Crippen MR) is 76.7 cm³/mol. The van der Waals surface area contributed by atoms with Gasteiger partial charge >= 0.3 is 0 Å². The summed E-state index contributed by atoms with van der Waals surface area (Å²) >= 11 is 0. The number of Topliss-reactive ketones (excluding diaryl/α,β-unsaturated/α-hetero) is 1. The molecule has 0 spiro atoms. The van der Waals surface area contributed by atoms with E-state index in [1.54, 1.807) is 12.1 Å². The molecular formula is C16H18O5. The van der Waals surface area contributed by atoms with Crippen molar-refractivity contribution in [3.05, 3.63) is 40.7 Å². The van der Waals surface area contributed by atoms with Gasteiger partial charge in [0.25, 0.3) is 0 Å². The summed E-state index contributed by atoms with van der Waals surface area (Å²) in [6, 6.07) is 3.39. The topological polar surface area (TPSA) is 61.8 Å². The van der Waals surface area contributed by atoms with Crippen LogP contribution in [0.4, 0.5) is 0 Å². The molecule has 0 N–H and O–H groups in total. The zero-order chi connectivity index (χ0) is 15.4. The molecule has 1 aliphatic carbocycles. The molecule has 0 saturated carbocycles. The number of allylic oxidation sites excluding steroid dienone is 2. The van der Waals surface area contributed by atoms with E-state index in [4.69, 9.17) is 14.2 Å². The average Bonchev–Trinajstić information content (AvgIpc) is 2.50. The summed E-state index contributed by atoms with van der Waals surface area (Å²) in [5, 5.41) is 0. The molecule has 0 bridgehead atoms. The maximum Gasteiger partial charge on any atom is 0.228 e. The lowest BCUT2D eigenvalue weighted by Crippen LogP contribution is -2.19. The van der Waals surface area contributed by atoms with Gasteiger partial charge in [-0.2, -0.15) is 0 Å². The minimum Gasteiger partial charge on any atom is -0.496 e. The lowest BCUT2D eigenvalue weighted by molar-refractivity contribution is 0.0913. The third kappa shape index (κ3) is 2.97. The van der Waals surface area contributed by atoms with Crippen LogP contribution in [0.25, 0.3) is 0 Å². The Morgan fingerprint density at radius 3 is 2.48 bits per heavy atom. The zero-order valence-electron chi connectivity index (χ0n) is 12.4. The van der Waals surface area contributed by atoms with Crippen molar-refractivity contribution in [3.8, 4) is 5.75 Å². The van der Waals surface area contributed by atoms with Gasteiger partial charge in [0.1, 0.15) is 5.75 Å². The smallest absolute Gasteiger partial charge is 0.228 e. The second-order valence-corrected chi connectivity index (χ2v) is 4.68. The number of ether oxygens (including phenoxy) is 3. The first-order chi connectivity index (χ1) is 10.1.